The fraction of sp³-hybridized carbons (Fsp3) is 0.333. The number of benzene rings is 1. The van der Waals surface area contributed by atoms with Crippen molar-refractivity contribution < 1.29 is 9.84 Å². The lowest BCUT2D eigenvalue weighted by atomic mass is 10.1. The molecule has 1 heterocycles. The Morgan fingerprint density at radius 2 is 1.90 bits per heavy atom. The number of nitrogens with zero attached hydrogens (tertiary/aromatic N) is 1. The summed E-state index contributed by atoms with van der Waals surface area (Å²) < 4.78 is 6.26. The van der Waals surface area contributed by atoms with Crippen molar-refractivity contribution in [2.24, 2.45) is 0 Å². The first-order valence-corrected chi connectivity index (χ1v) is 6.74. The highest BCUT2D eigenvalue weighted by atomic mass is 16.5. The maximum absolute atomic E-state index is 11.8. The number of methoxy groups -OCH3 is 1. The molecule has 0 saturated carbocycles. The van der Waals surface area contributed by atoms with Crippen molar-refractivity contribution in [1.29, 1.82) is 0 Å². The van der Waals surface area contributed by atoms with Crippen LogP contribution in [0.25, 0.3) is 0 Å². The van der Waals surface area contributed by atoms with Gasteiger partial charge in [0.1, 0.15) is 5.75 Å². The van der Waals surface area contributed by atoms with Crippen LogP contribution in [0.15, 0.2) is 33.9 Å². The molecule has 0 aliphatic carbocycles. The van der Waals surface area contributed by atoms with E-state index in [9.17, 15) is 14.7 Å². The molecular formula is C15H18N2O4. The lowest BCUT2D eigenvalue weighted by molar-refractivity contribution is 0.393. The molecule has 112 valence electrons. The summed E-state index contributed by atoms with van der Waals surface area (Å²) in [6.07, 6.45) is 0.927. The van der Waals surface area contributed by atoms with E-state index in [2.05, 4.69) is 4.98 Å². The molecule has 2 rings (SSSR count). The third-order valence-corrected chi connectivity index (χ3v) is 3.40. The fourth-order valence-corrected chi connectivity index (χ4v) is 2.16. The van der Waals surface area contributed by atoms with Crippen LogP contribution in [0.2, 0.25) is 0 Å². The summed E-state index contributed by atoms with van der Waals surface area (Å²) in [5, 5.41) is 10.0. The molecule has 1 aromatic heterocycles. The molecule has 2 N–H and O–H groups in total. The summed E-state index contributed by atoms with van der Waals surface area (Å²) in [6, 6.07) is 7.46. The molecule has 0 amide bonds. The summed E-state index contributed by atoms with van der Waals surface area (Å²) in [6.45, 7) is 2.04. The topological polar surface area (TPSA) is 84.3 Å². The largest absolute Gasteiger partial charge is 0.497 e. The molecule has 1 aromatic carbocycles. The number of hydrogen-bond donors (Lipinski definition) is 2. The number of rotatable bonds is 5. The number of hydrogen-bond acceptors (Lipinski definition) is 4. The van der Waals surface area contributed by atoms with E-state index in [0.717, 1.165) is 11.3 Å². The molecule has 2 aromatic rings. The van der Waals surface area contributed by atoms with Crippen LogP contribution in [0.4, 0.5) is 0 Å². The summed E-state index contributed by atoms with van der Waals surface area (Å²) in [4.78, 5) is 25.5. The van der Waals surface area contributed by atoms with Crippen LogP contribution >= 0.6 is 0 Å². The molecule has 0 unspecified atom stereocenters. The van der Waals surface area contributed by atoms with Gasteiger partial charge in [-0.25, -0.2) is 4.79 Å². The Labute approximate surface area is 121 Å². The van der Waals surface area contributed by atoms with Gasteiger partial charge in [-0.15, -0.1) is 0 Å². The molecular weight excluding hydrogens is 272 g/mol. The molecule has 0 aliphatic heterocycles. The van der Waals surface area contributed by atoms with Crippen molar-refractivity contribution in [3.63, 3.8) is 0 Å². The van der Waals surface area contributed by atoms with Gasteiger partial charge in [0.2, 0.25) is 5.88 Å². The van der Waals surface area contributed by atoms with Crippen LogP contribution in [0.3, 0.4) is 0 Å². The zero-order chi connectivity index (χ0) is 15.4. The highest BCUT2D eigenvalue weighted by Crippen LogP contribution is 2.14. The van der Waals surface area contributed by atoms with Gasteiger partial charge in [-0.05, 0) is 30.5 Å². The molecule has 6 nitrogen and oxygen atoms in total. The van der Waals surface area contributed by atoms with Gasteiger partial charge in [0.05, 0.1) is 12.7 Å². The predicted molar refractivity (Wildman–Crippen MR) is 79.1 cm³/mol. The molecule has 0 radical (unpaired) electrons. The molecule has 0 aliphatic rings. The Bertz CT molecular complexity index is 729. The molecule has 0 fully saturated rings. The first kappa shape index (κ1) is 14.9. The van der Waals surface area contributed by atoms with E-state index in [1.807, 2.05) is 24.3 Å². The van der Waals surface area contributed by atoms with Crippen LogP contribution < -0.4 is 16.0 Å². The van der Waals surface area contributed by atoms with E-state index in [1.165, 1.54) is 4.57 Å². The minimum atomic E-state index is -0.594. The fourth-order valence-electron chi connectivity index (χ4n) is 2.16. The van der Waals surface area contributed by atoms with E-state index in [0.29, 0.717) is 19.4 Å². The molecule has 0 atom stereocenters. The smallest absolute Gasteiger partial charge is 0.331 e. The lowest BCUT2D eigenvalue weighted by Crippen LogP contribution is -2.32. The van der Waals surface area contributed by atoms with Crippen molar-refractivity contribution in [2.75, 3.05) is 7.11 Å². The van der Waals surface area contributed by atoms with Gasteiger partial charge in [0.15, 0.2) is 0 Å². The number of H-pyrrole nitrogens is 1. The van der Waals surface area contributed by atoms with Crippen LogP contribution in [0.1, 0.15) is 18.1 Å². The Morgan fingerprint density at radius 3 is 2.48 bits per heavy atom. The molecule has 0 saturated heterocycles. The normalized spacial score (nSPS) is 10.6. The van der Waals surface area contributed by atoms with Crippen molar-refractivity contribution in [3.05, 3.63) is 56.2 Å². The zero-order valence-corrected chi connectivity index (χ0v) is 12.0. The number of aromatic nitrogens is 2. The van der Waals surface area contributed by atoms with Crippen LogP contribution in [0, 0.1) is 0 Å². The molecule has 21 heavy (non-hydrogen) atoms. The second-order valence-corrected chi connectivity index (χ2v) is 4.66. The number of aromatic hydroxyl groups is 1. The highest BCUT2D eigenvalue weighted by Gasteiger charge is 2.12. The average molecular weight is 290 g/mol. The number of nitrogens with one attached hydrogen (secondary N) is 1. The SMILES string of the molecule is CCc1c(O)n(CCc2ccc(OC)cc2)c(=O)[nH]c1=O. The van der Waals surface area contributed by atoms with E-state index >= 15 is 0 Å². The van der Waals surface area contributed by atoms with Gasteiger partial charge in [-0.2, -0.15) is 0 Å². The minimum Gasteiger partial charge on any atom is -0.497 e. The summed E-state index contributed by atoms with van der Waals surface area (Å²) in [5.41, 5.74) is 0.111. The maximum atomic E-state index is 11.8. The van der Waals surface area contributed by atoms with Crippen LogP contribution in [0.5, 0.6) is 11.6 Å². The number of aromatic amines is 1. The number of aryl methyl sites for hydroxylation is 1. The highest BCUT2D eigenvalue weighted by molar-refractivity contribution is 5.27. The van der Waals surface area contributed by atoms with E-state index in [1.54, 1.807) is 14.0 Å². The third kappa shape index (κ3) is 3.16. The van der Waals surface area contributed by atoms with Crippen molar-refractivity contribution >= 4 is 0 Å². The Kier molecular flexibility index (Phi) is 4.47. The standard InChI is InChI=1S/C15H18N2O4/c1-3-12-13(18)16-15(20)17(14(12)19)9-8-10-4-6-11(21-2)7-5-10/h4-7,19H,3,8-9H2,1-2H3,(H,16,18,20). The summed E-state index contributed by atoms with van der Waals surface area (Å²) in [7, 11) is 1.60. The average Bonchev–Trinajstić information content (AvgIpc) is 2.47. The second-order valence-electron chi connectivity index (χ2n) is 4.66. The van der Waals surface area contributed by atoms with Crippen molar-refractivity contribution in [1.82, 2.24) is 9.55 Å². The van der Waals surface area contributed by atoms with E-state index < -0.39 is 11.2 Å². The Balaban J connectivity index is 2.23. The zero-order valence-electron chi connectivity index (χ0n) is 12.0. The van der Waals surface area contributed by atoms with Crippen LogP contribution in [-0.4, -0.2) is 21.8 Å². The van der Waals surface area contributed by atoms with Gasteiger partial charge < -0.3 is 9.84 Å². The van der Waals surface area contributed by atoms with Gasteiger partial charge in [0.25, 0.3) is 5.56 Å². The van der Waals surface area contributed by atoms with Crippen molar-refractivity contribution in [2.45, 2.75) is 26.3 Å². The predicted octanol–water partition coefficient (Wildman–Crippen LogP) is 1.06. The second kappa shape index (κ2) is 6.30. The maximum Gasteiger partial charge on any atom is 0.331 e. The first-order valence-electron chi connectivity index (χ1n) is 6.74. The molecule has 0 spiro atoms. The first-order chi connectivity index (χ1) is 10.1. The Morgan fingerprint density at radius 1 is 1.24 bits per heavy atom. The van der Waals surface area contributed by atoms with Crippen molar-refractivity contribution in [3.8, 4) is 11.6 Å². The number of ether oxygens (including phenoxy) is 1. The van der Waals surface area contributed by atoms with E-state index in [4.69, 9.17) is 4.74 Å². The van der Waals surface area contributed by atoms with Gasteiger partial charge in [-0.1, -0.05) is 19.1 Å². The minimum absolute atomic E-state index is 0.226. The monoisotopic (exact) mass is 290 g/mol. The third-order valence-electron chi connectivity index (χ3n) is 3.40. The summed E-state index contributed by atoms with van der Waals surface area (Å²) in [5.74, 6) is 0.510. The quantitative estimate of drug-likeness (QED) is 0.862. The molecule has 0 bridgehead atoms. The Hall–Kier alpha value is -2.50. The summed E-state index contributed by atoms with van der Waals surface area (Å²) >= 11 is 0. The van der Waals surface area contributed by atoms with Gasteiger partial charge in [0, 0.05) is 6.54 Å². The molecule has 6 heteroatoms. The lowest BCUT2D eigenvalue weighted by Gasteiger charge is -2.10. The van der Waals surface area contributed by atoms with Gasteiger partial charge in [-0.3, -0.25) is 14.3 Å². The van der Waals surface area contributed by atoms with Gasteiger partial charge >= 0.3 is 5.69 Å². The van der Waals surface area contributed by atoms with E-state index in [-0.39, 0.29) is 11.4 Å². The van der Waals surface area contributed by atoms with Crippen LogP contribution in [-0.2, 0) is 19.4 Å².